The molecule has 2 aromatic rings. The van der Waals surface area contributed by atoms with E-state index >= 15 is 0 Å². The first-order valence-electron chi connectivity index (χ1n) is 6.04. The Bertz CT molecular complexity index is 632. The Balaban J connectivity index is 2.09. The highest BCUT2D eigenvalue weighted by molar-refractivity contribution is 6.32. The summed E-state index contributed by atoms with van der Waals surface area (Å²) in [4.78, 5) is 15.9. The first kappa shape index (κ1) is 12.4. The molecule has 2 aromatic heterocycles. The van der Waals surface area contributed by atoms with E-state index < -0.39 is 0 Å². The van der Waals surface area contributed by atoms with Crippen molar-refractivity contribution in [2.75, 3.05) is 20.3 Å². The van der Waals surface area contributed by atoms with Crippen LogP contribution in [0.3, 0.4) is 0 Å². The number of imidazole rings is 1. The van der Waals surface area contributed by atoms with Crippen molar-refractivity contribution in [3.05, 3.63) is 34.9 Å². The molecule has 0 saturated carbocycles. The van der Waals surface area contributed by atoms with E-state index in [1.54, 1.807) is 18.3 Å². The number of carbonyl (C=O) groups excluding carboxylic acids is 1. The van der Waals surface area contributed by atoms with Crippen molar-refractivity contribution in [3.8, 4) is 0 Å². The molecule has 1 unspecified atom stereocenters. The van der Waals surface area contributed by atoms with Crippen LogP contribution in [0.2, 0.25) is 5.15 Å². The minimum atomic E-state index is -0.384. The van der Waals surface area contributed by atoms with E-state index in [1.165, 1.54) is 7.11 Å². The molecule has 0 aromatic carbocycles. The third kappa shape index (κ3) is 2.09. The maximum Gasteiger partial charge on any atom is 0.337 e. The molecule has 3 rings (SSSR count). The summed E-state index contributed by atoms with van der Waals surface area (Å²) in [5.74, 6) is 0.753. The molecule has 0 amide bonds. The van der Waals surface area contributed by atoms with Gasteiger partial charge in [-0.05, 0) is 18.6 Å². The van der Waals surface area contributed by atoms with Crippen LogP contribution in [0.1, 0.15) is 28.5 Å². The average molecular weight is 281 g/mol. The lowest BCUT2D eigenvalue weighted by Gasteiger charge is -2.07. The molecule has 1 fully saturated rings. The summed E-state index contributed by atoms with van der Waals surface area (Å²) in [6, 6.07) is 3.40. The number of pyridine rings is 1. The van der Waals surface area contributed by atoms with E-state index in [0.717, 1.165) is 18.9 Å². The van der Waals surface area contributed by atoms with Crippen LogP contribution >= 0.6 is 11.6 Å². The number of methoxy groups -OCH3 is 1. The van der Waals surface area contributed by atoms with Gasteiger partial charge in [-0.1, -0.05) is 11.6 Å². The number of carbonyl (C=O) groups is 1. The summed E-state index contributed by atoms with van der Waals surface area (Å²) in [6.45, 7) is 1.41. The molecule has 0 bridgehead atoms. The summed E-state index contributed by atoms with van der Waals surface area (Å²) in [7, 11) is 1.35. The van der Waals surface area contributed by atoms with Crippen molar-refractivity contribution in [2.45, 2.75) is 12.3 Å². The fourth-order valence-electron chi connectivity index (χ4n) is 2.34. The van der Waals surface area contributed by atoms with Crippen LogP contribution in [0.15, 0.2) is 18.3 Å². The summed E-state index contributed by atoms with van der Waals surface area (Å²) < 4.78 is 12.0. The summed E-state index contributed by atoms with van der Waals surface area (Å²) in [5.41, 5.74) is 1.18. The van der Waals surface area contributed by atoms with Gasteiger partial charge in [0.2, 0.25) is 0 Å². The second-order valence-electron chi connectivity index (χ2n) is 4.48. The highest BCUT2D eigenvalue weighted by Gasteiger charge is 2.24. The van der Waals surface area contributed by atoms with E-state index in [0.29, 0.717) is 22.8 Å². The molecule has 0 spiro atoms. The molecular weight excluding hydrogens is 268 g/mol. The topological polar surface area (TPSA) is 52.8 Å². The number of rotatable bonds is 2. The molecule has 1 aliphatic heterocycles. The quantitative estimate of drug-likeness (QED) is 0.792. The Morgan fingerprint density at radius 3 is 3.16 bits per heavy atom. The molecule has 1 saturated heterocycles. The van der Waals surface area contributed by atoms with Crippen molar-refractivity contribution in [1.82, 2.24) is 9.38 Å². The van der Waals surface area contributed by atoms with Crippen LogP contribution in [0, 0.1) is 0 Å². The molecule has 100 valence electrons. The zero-order chi connectivity index (χ0) is 13.4. The van der Waals surface area contributed by atoms with Crippen molar-refractivity contribution in [3.63, 3.8) is 0 Å². The summed E-state index contributed by atoms with van der Waals surface area (Å²) in [6.07, 6.45) is 2.74. The van der Waals surface area contributed by atoms with Gasteiger partial charge in [0.25, 0.3) is 0 Å². The molecule has 1 aliphatic rings. The third-order valence-corrected chi connectivity index (χ3v) is 3.62. The number of nitrogens with zero attached hydrogens (tertiary/aromatic N) is 2. The molecule has 0 aliphatic carbocycles. The predicted octanol–water partition coefficient (Wildman–Crippen LogP) is 2.28. The van der Waals surface area contributed by atoms with E-state index in [9.17, 15) is 4.79 Å². The molecule has 0 radical (unpaired) electrons. The molecule has 1 atom stereocenters. The number of aromatic nitrogens is 2. The molecular formula is C13H13ClN2O3. The predicted molar refractivity (Wildman–Crippen MR) is 69.7 cm³/mol. The fraction of sp³-hybridized carbons (Fsp3) is 0.385. The highest BCUT2D eigenvalue weighted by atomic mass is 35.5. The van der Waals surface area contributed by atoms with Crippen LogP contribution in [-0.2, 0) is 9.47 Å². The summed E-state index contributed by atoms with van der Waals surface area (Å²) in [5, 5.41) is 0.396. The molecule has 6 heteroatoms. The maximum absolute atomic E-state index is 11.5. The molecule has 3 heterocycles. The minimum absolute atomic E-state index is 0.254. The zero-order valence-electron chi connectivity index (χ0n) is 10.4. The Morgan fingerprint density at radius 2 is 2.47 bits per heavy atom. The maximum atomic E-state index is 11.5. The minimum Gasteiger partial charge on any atom is -0.465 e. The van der Waals surface area contributed by atoms with Gasteiger partial charge in [-0.25, -0.2) is 9.78 Å². The number of fused-ring (bicyclic) bond motifs is 1. The Hall–Kier alpha value is -1.59. The van der Waals surface area contributed by atoms with Crippen LogP contribution in [0.4, 0.5) is 0 Å². The van der Waals surface area contributed by atoms with Crippen LogP contribution < -0.4 is 0 Å². The fourth-order valence-corrected chi connectivity index (χ4v) is 2.57. The Morgan fingerprint density at radius 1 is 1.63 bits per heavy atom. The van der Waals surface area contributed by atoms with Gasteiger partial charge in [-0.2, -0.15) is 0 Å². The van der Waals surface area contributed by atoms with Gasteiger partial charge in [0.1, 0.15) is 5.82 Å². The Labute approximate surface area is 115 Å². The van der Waals surface area contributed by atoms with Crippen molar-refractivity contribution >= 4 is 23.1 Å². The zero-order valence-corrected chi connectivity index (χ0v) is 11.2. The molecule has 0 N–H and O–H groups in total. The number of esters is 1. The van der Waals surface area contributed by atoms with Gasteiger partial charge >= 0.3 is 5.97 Å². The normalized spacial score (nSPS) is 18.9. The van der Waals surface area contributed by atoms with E-state index in [4.69, 9.17) is 21.1 Å². The second kappa shape index (κ2) is 4.83. The van der Waals surface area contributed by atoms with Gasteiger partial charge < -0.3 is 13.9 Å². The van der Waals surface area contributed by atoms with Gasteiger partial charge in [0, 0.05) is 18.7 Å². The van der Waals surface area contributed by atoms with Gasteiger partial charge in [0.15, 0.2) is 5.15 Å². The van der Waals surface area contributed by atoms with Crippen molar-refractivity contribution in [2.24, 2.45) is 0 Å². The number of halogens is 1. The van der Waals surface area contributed by atoms with Crippen molar-refractivity contribution < 1.29 is 14.3 Å². The number of hydrogen-bond donors (Lipinski definition) is 0. The first-order valence-corrected chi connectivity index (χ1v) is 6.42. The van der Waals surface area contributed by atoms with Crippen LogP contribution in [-0.4, -0.2) is 35.7 Å². The lowest BCUT2D eigenvalue weighted by molar-refractivity contribution is 0.0600. The highest BCUT2D eigenvalue weighted by Crippen LogP contribution is 2.29. The lowest BCUT2D eigenvalue weighted by atomic mass is 10.1. The summed E-state index contributed by atoms with van der Waals surface area (Å²) >= 11 is 6.15. The standard InChI is InChI=1S/C13H13ClN2O3/c1-18-13(17)8-2-4-16-10(6-8)11(14)15-12(16)9-3-5-19-7-9/h2,4,6,9H,3,5,7H2,1H3. The van der Waals surface area contributed by atoms with E-state index in [1.807, 2.05) is 4.40 Å². The van der Waals surface area contributed by atoms with Gasteiger partial charge in [-0.3, -0.25) is 0 Å². The van der Waals surface area contributed by atoms with Crippen molar-refractivity contribution in [1.29, 1.82) is 0 Å². The monoisotopic (exact) mass is 280 g/mol. The Kier molecular flexibility index (Phi) is 3.16. The van der Waals surface area contributed by atoms with Crippen LogP contribution in [0.25, 0.3) is 5.52 Å². The second-order valence-corrected chi connectivity index (χ2v) is 4.84. The van der Waals surface area contributed by atoms with Gasteiger partial charge in [0.05, 0.1) is 24.8 Å². The SMILES string of the molecule is COC(=O)c1ccn2c(C3CCOC3)nc(Cl)c2c1. The number of hydrogen-bond acceptors (Lipinski definition) is 4. The third-order valence-electron chi connectivity index (χ3n) is 3.34. The lowest BCUT2D eigenvalue weighted by Crippen LogP contribution is -2.05. The van der Waals surface area contributed by atoms with E-state index in [-0.39, 0.29) is 11.9 Å². The smallest absolute Gasteiger partial charge is 0.337 e. The van der Waals surface area contributed by atoms with Crippen LogP contribution in [0.5, 0.6) is 0 Å². The first-order chi connectivity index (χ1) is 9.20. The molecule has 19 heavy (non-hydrogen) atoms. The van der Waals surface area contributed by atoms with Gasteiger partial charge in [-0.15, -0.1) is 0 Å². The molecule has 5 nitrogen and oxygen atoms in total. The van der Waals surface area contributed by atoms with E-state index in [2.05, 4.69) is 4.98 Å². The largest absolute Gasteiger partial charge is 0.465 e. The average Bonchev–Trinajstić information content (AvgIpc) is 3.06. The number of ether oxygens (including phenoxy) is 2.